The van der Waals surface area contributed by atoms with Gasteiger partial charge in [-0.25, -0.2) is 4.79 Å². The number of anilines is 3. The second-order valence-corrected chi connectivity index (χ2v) is 6.26. The van der Waals surface area contributed by atoms with Crippen molar-refractivity contribution in [3.63, 3.8) is 0 Å². The zero-order valence-corrected chi connectivity index (χ0v) is 15.8. The van der Waals surface area contributed by atoms with Gasteiger partial charge in [0.2, 0.25) is 0 Å². The van der Waals surface area contributed by atoms with Crippen molar-refractivity contribution in [2.24, 2.45) is 0 Å². The number of nitrogens with one attached hydrogen (secondary N) is 3. The number of carbonyl (C=O) groups is 2. The first-order valence-electron chi connectivity index (χ1n) is 8.43. The molecule has 28 heavy (non-hydrogen) atoms. The van der Waals surface area contributed by atoms with Crippen LogP contribution in [0.5, 0.6) is 5.75 Å². The summed E-state index contributed by atoms with van der Waals surface area (Å²) in [5.41, 5.74) is 2.15. The number of urea groups is 1. The van der Waals surface area contributed by atoms with E-state index < -0.39 is 0 Å². The van der Waals surface area contributed by atoms with E-state index in [9.17, 15) is 9.59 Å². The number of benzene rings is 3. The lowest BCUT2D eigenvalue weighted by atomic mass is 10.2. The summed E-state index contributed by atoms with van der Waals surface area (Å²) in [5.74, 6) is 0.189. The molecule has 0 spiro atoms. The zero-order valence-electron chi connectivity index (χ0n) is 15.0. The van der Waals surface area contributed by atoms with Gasteiger partial charge < -0.3 is 20.7 Å². The van der Waals surface area contributed by atoms with Crippen molar-refractivity contribution in [3.05, 3.63) is 83.4 Å². The van der Waals surface area contributed by atoms with E-state index in [1.54, 1.807) is 54.6 Å². The fourth-order valence-corrected chi connectivity index (χ4v) is 2.66. The van der Waals surface area contributed by atoms with Crippen LogP contribution in [0.15, 0.2) is 72.8 Å². The highest BCUT2D eigenvalue weighted by molar-refractivity contribution is 6.31. The third kappa shape index (κ3) is 5.02. The van der Waals surface area contributed by atoms with E-state index in [0.717, 1.165) is 0 Å². The highest BCUT2D eigenvalue weighted by Gasteiger charge is 2.11. The summed E-state index contributed by atoms with van der Waals surface area (Å²) in [5, 5.41) is 8.69. The molecule has 3 amide bonds. The van der Waals surface area contributed by atoms with Crippen LogP contribution in [-0.4, -0.2) is 19.0 Å². The molecule has 0 heterocycles. The van der Waals surface area contributed by atoms with Crippen molar-refractivity contribution in [1.82, 2.24) is 0 Å². The Morgan fingerprint density at radius 2 is 1.46 bits per heavy atom. The molecule has 0 saturated carbocycles. The number of hydrogen-bond acceptors (Lipinski definition) is 3. The Bertz CT molecular complexity index is 976. The van der Waals surface area contributed by atoms with Crippen LogP contribution in [0.4, 0.5) is 21.9 Å². The largest absolute Gasteiger partial charge is 0.495 e. The van der Waals surface area contributed by atoms with Crippen LogP contribution < -0.4 is 20.7 Å². The summed E-state index contributed by atoms with van der Waals surface area (Å²) in [6, 6.07) is 20.2. The zero-order chi connectivity index (χ0) is 19.9. The molecule has 3 N–H and O–H groups in total. The summed E-state index contributed by atoms with van der Waals surface area (Å²) < 4.78 is 5.22. The smallest absolute Gasteiger partial charge is 0.323 e. The molecular formula is C21H18ClN3O3. The lowest BCUT2D eigenvalue weighted by molar-refractivity contribution is 0.102. The van der Waals surface area contributed by atoms with Crippen LogP contribution in [0.3, 0.4) is 0 Å². The Kier molecular flexibility index (Phi) is 6.14. The molecule has 3 aromatic rings. The van der Waals surface area contributed by atoms with Crippen LogP contribution in [0.2, 0.25) is 5.02 Å². The van der Waals surface area contributed by atoms with Crippen molar-refractivity contribution in [2.45, 2.75) is 0 Å². The minimum absolute atomic E-state index is 0.319. The molecule has 3 rings (SSSR count). The Labute approximate surface area is 167 Å². The second kappa shape index (κ2) is 8.92. The highest BCUT2D eigenvalue weighted by Crippen LogP contribution is 2.28. The van der Waals surface area contributed by atoms with Gasteiger partial charge in [-0.05, 0) is 54.6 Å². The minimum atomic E-state index is -0.368. The SMILES string of the molecule is COc1ccc(Cl)cc1NC(=O)c1ccc(NC(=O)Nc2ccccc2)cc1. The molecular weight excluding hydrogens is 378 g/mol. The van der Waals surface area contributed by atoms with Crippen LogP contribution in [0.25, 0.3) is 0 Å². The summed E-state index contributed by atoms with van der Waals surface area (Å²) in [4.78, 5) is 24.5. The maximum atomic E-state index is 12.5. The number of carbonyl (C=O) groups excluding carboxylic acids is 2. The first-order valence-corrected chi connectivity index (χ1v) is 8.81. The van der Waals surface area contributed by atoms with E-state index in [4.69, 9.17) is 16.3 Å². The molecule has 0 radical (unpaired) electrons. The van der Waals surface area contributed by atoms with E-state index >= 15 is 0 Å². The molecule has 0 bridgehead atoms. The molecule has 7 heteroatoms. The van der Waals surface area contributed by atoms with Gasteiger partial charge in [-0.1, -0.05) is 29.8 Å². The van der Waals surface area contributed by atoms with Gasteiger partial charge in [0.25, 0.3) is 5.91 Å². The van der Waals surface area contributed by atoms with E-state index in [2.05, 4.69) is 16.0 Å². The quantitative estimate of drug-likeness (QED) is 0.552. The maximum Gasteiger partial charge on any atom is 0.323 e. The van der Waals surface area contributed by atoms with E-state index in [0.29, 0.717) is 33.4 Å². The normalized spacial score (nSPS) is 10.1. The lowest BCUT2D eigenvalue weighted by Gasteiger charge is -2.11. The van der Waals surface area contributed by atoms with Gasteiger partial charge in [-0.15, -0.1) is 0 Å². The van der Waals surface area contributed by atoms with Crippen molar-refractivity contribution in [2.75, 3.05) is 23.1 Å². The number of methoxy groups -OCH3 is 1. The molecule has 6 nitrogen and oxygen atoms in total. The van der Waals surface area contributed by atoms with Crippen molar-refractivity contribution in [3.8, 4) is 5.75 Å². The molecule has 142 valence electrons. The molecule has 0 aliphatic carbocycles. The van der Waals surface area contributed by atoms with Gasteiger partial charge in [-0.2, -0.15) is 0 Å². The van der Waals surface area contributed by atoms with Gasteiger partial charge in [0.05, 0.1) is 12.8 Å². The van der Waals surface area contributed by atoms with Gasteiger partial charge >= 0.3 is 6.03 Å². The van der Waals surface area contributed by atoms with Crippen molar-refractivity contribution < 1.29 is 14.3 Å². The third-order valence-corrected chi connectivity index (χ3v) is 4.08. The number of halogens is 1. The number of amides is 3. The maximum absolute atomic E-state index is 12.5. The van der Waals surface area contributed by atoms with Crippen LogP contribution in [0.1, 0.15) is 10.4 Å². The molecule has 0 aliphatic heterocycles. The number of para-hydroxylation sites is 1. The van der Waals surface area contributed by atoms with Crippen LogP contribution >= 0.6 is 11.6 Å². The molecule has 0 aromatic heterocycles. The number of rotatable bonds is 5. The first-order chi connectivity index (χ1) is 13.5. The van der Waals surface area contributed by atoms with Gasteiger partial charge in [0, 0.05) is 22.0 Å². The standard InChI is InChI=1S/C21H18ClN3O3/c1-28-19-12-9-15(22)13-18(19)25-20(26)14-7-10-17(11-8-14)24-21(27)23-16-5-3-2-4-6-16/h2-13H,1H3,(H,25,26)(H2,23,24,27). The summed E-state index contributed by atoms with van der Waals surface area (Å²) in [7, 11) is 1.51. The second-order valence-electron chi connectivity index (χ2n) is 5.82. The summed E-state index contributed by atoms with van der Waals surface area (Å²) >= 11 is 5.98. The Hall–Kier alpha value is -3.51. The van der Waals surface area contributed by atoms with Crippen LogP contribution in [0, 0.1) is 0 Å². The highest BCUT2D eigenvalue weighted by atomic mass is 35.5. The van der Waals surface area contributed by atoms with E-state index in [-0.39, 0.29) is 11.9 Å². The molecule has 0 atom stereocenters. The van der Waals surface area contributed by atoms with E-state index in [1.165, 1.54) is 7.11 Å². The fourth-order valence-electron chi connectivity index (χ4n) is 2.49. The predicted molar refractivity (Wildman–Crippen MR) is 111 cm³/mol. The molecule has 0 aliphatic rings. The topological polar surface area (TPSA) is 79.5 Å². The molecule has 0 fully saturated rings. The van der Waals surface area contributed by atoms with Crippen LogP contribution in [-0.2, 0) is 0 Å². The average molecular weight is 396 g/mol. The molecule has 3 aromatic carbocycles. The predicted octanol–water partition coefficient (Wildman–Crippen LogP) is 5.24. The van der Waals surface area contributed by atoms with E-state index in [1.807, 2.05) is 18.2 Å². The third-order valence-electron chi connectivity index (χ3n) is 3.85. The summed E-state index contributed by atoms with van der Waals surface area (Å²) in [6.45, 7) is 0. The fraction of sp³-hybridized carbons (Fsp3) is 0.0476. The molecule has 0 unspecified atom stereocenters. The Morgan fingerprint density at radius 3 is 2.11 bits per heavy atom. The number of ether oxygens (including phenoxy) is 1. The number of hydrogen-bond donors (Lipinski definition) is 3. The van der Waals surface area contributed by atoms with Crippen molar-refractivity contribution in [1.29, 1.82) is 0 Å². The molecule has 0 saturated heterocycles. The first kappa shape index (κ1) is 19.3. The lowest BCUT2D eigenvalue weighted by Crippen LogP contribution is -2.19. The van der Waals surface area contributed by atoms with Gasteiger partial charge in [0.15, 0.2) is 0 Å². The van der Waals surface area contributed by atoms with Crippen molar-refractivity contribution >= 4 is 40.6 Å². The average Bonchev–Trinajstić information content (AvgIpc) is 2.69. The Morgan fingerprint density at radius 1 is 0.821 bits per heavy atom. The monoisotopic (exact) mass is 395 g/mol. The van der Waals surface area contributed by atoms with Gasteiger partial charge in [0.1, 0.15) is 5.75 Å². The summed E-state index contributed by atoms with van der Waals surface area (Å²) in [6.07, 6.45) is 0. The van der Waals surface area contributed by atoms with Gasteiger partial charge in [-0.3, -0.25) is 4.79 Å². The Balaban J connectivity index is 1.63. The minimum Gasteiger partial charge on any atom is -0.495 e.